The minimum atomic E-state index is -1.05. The predicted molar refractivity (Wildman–Crippen MR) is 55.1 cm³/mol. The minimum absolute atomic E-state index is 0.0902. The molecule has 0 spiro atoms. The van der Waals surface area contributed by atoms with Gasteiger partial charge >= 0.3 is 5.97 Å². The van der Waals surface area contributed by atoms with Gasteiger partial charge in [0.05, 0.1) is 11.8 Å². The van der Waals surface area contributed by atoms with Crippen molar-refractivity contribution in [1.82, 2.24) is 20.2 Å². The van der Waals surface area contributed by atoms with Crippen molar-refractivity contribution < 1.29 is 9.90 Å². The second kappa shape index (κ2) is 4.67. The number of aromatic carboxylic acids is 1. The lowest BCUT2D eigenvalue weighted by atomic mass is 10.3. The third kappa shape index (κ3) is 2.31. The quantitative estimate of drug-likeness (QED) is 0.796. The molecule has 0 aliphatic heterocycles. The fourth-order valence-corrected chi connectivity index (χ4v) is 1.73. The lowest BCUT2D eigenvalue weighted by Crippen LogP contribution is -2.02. The first-order valence-electron chi connectivity index (χ1n) is 4.27. The minimum Gasteiger partial charge on any atom is -0.478 e. The van der Waals surface area contributed by atoms with E-state index < -0.39 is 5.97 Å². The number of carboxylic acids is 1. The van der Waals surface area contributed by atoms with Gasteiger partial charge in [-0.05, 0) is 23.9 Å². The van der Waals surface area contributed by atoms with Crippen LogP contribution >= 0.6 is 11.8 Å². The van der Waals surface area contributed by atoms with Crippen LogP contribution in [0.2, 0.25) is 0 Å². The number of hydrogen-bond donors (Lipinski definition) is 1. The monoisotopic (exact) mass is 234 g/mol. The molecule has 0 aliphatic rings. The zero-order valence-corrected chi connectivity index (χ0v) is 8.76. The van der Waals surface area contributed by atoms with Crippen LogP contribution in [0.15, 0.2) is 40.9 Å². The summed E-state index contributed by atoms with van der Waals surface area (Å²) >= 11 is 1.07. The van der Waals surface area contributed by atoms with E-state index in [9.17, 15) is 4.79 Å². The van der Waals surface area contributed by atoms with Crippen molar-refractivity contribution in [1.29, 1.82) is 0 Å². The fraction of sp³-hybridized carbons (Fsp3) is 0. The summed E-state index contributed by atoms with van der Waals surface area (Å²) in [5.41, 5.74) is 0.0902. The fourth-order valence-electron chi connectivity index (χ4n) is 0.982. The third-order valence-electron chi connectivity index (χ3n) is 1.65. The molecule has 2 rings (SSSR count). The van der Waals surface area contributed by atoms with Gasteiger partial charge in [-0.15, -0.1) is 5.10 Å². The van der Waals surface area contributed by atoms with E-state index in [1.165, 1.54) is 12.3 Å². The van der Waals surface area contributed by atoms with E-state index in [1.54, 1.807) is 18.5 Å². The van der Waals surface area contributed by atoms with Crippen molar-refractivity contribution in [2.75, 3.05) is 0 Å². The first kappa shape index (κ1) is 10.5. The van der Waals surface area contributed by atoms with Crippen LogP contribution in [0.3, 0.4) is 0 Å². The molecule has 0 aromatic carbocycles. The molecule has 0 amide bonds. The first-order chi connectivity index (χ1) is 7.77. The molecule has 0 saturated heterocycles. The number of rotatable bonds is 3. The average molecular weight is 234 g/mol. The summed E-state index contributed by atoms with van der Waals surface area (Å²) in [6.07, 6.45) is 4.48. The van der Waals surface area contributed by atoms with E-state index in [-0.39, 0.29) is 10.6 Å². The van der Waals surface area contributed by atoms with Crippen LogP contribution in [0.25, 0.3) is 0 Å². The summed E-state index contributed by atoms with van der Waals surface area (Å²) in [4.78, 5) is 18.8. The topological polar surface area (TPSA) is 88.9 Å². The lowest BCUT2D eigenvalue weighted by molar-refractivity contribution is 0.0692. The van der Waals surface area contributed by atoms with Crippen LogP contribution in [0.5, 0.6) is 0 Å². The maximum atomic E-state index is 10.9. The maximum Gasteiger partial charge on any atom is 0.338 e. The van der Waals surface area contributed by atoms with Crippen LogP contribution in [0.4, 0.5) is 0 Å². The normalized spacial score (nSPS) is 10.0. The molecule has 0 bridgehead atoms. The van der Waals surface area contributed by atoms with Crippen molar-refractivity contribution in [2.24, 2.45) is 0 Å². The van der Waals surface area contributed by atoms with Gasteiger partial charge in [-0.2, -0.15) is 5.10 Å². The number of aromatic nitrogens is 4. The Balaban J connectivity index is 2.31. The van der Waals surface area contributed by atoms with Gasteiger partial charge in [-0.1, -0.05) is 0 Å². The second-order valence-electron chi connectivity index (χ2n) is 2.69. The molecule has 0 atom stereocenters. The van der Waals surface area contributed by atoms with Gasteiger partial charge in [-0.3, -0.25) is 0 Å². The lowest BCUT2D eigenvalue weighted by Gasteiger charge is -2.00. The van der Waals surface area contributed by atoms with Gasteiger partial charge in [0, 0.05) is 12.4 Å². The van der Waals surface area contributed by atoms with E-state index >= 15 is 0 Å². The Labute approximate surface area is 94.8 Å². The van der Waals surface area contributed by atoms with E-state index in [4.69, 9.17) is 5.11 Å². The molecular weight excluding hydrogens is 228 g/mol. The van der Waals surface area contributed by atoms with Gasteiger partial charge in [0.25, 0.3) is 0 Å². The van der Waals surface area contributed by atoms with Crippen molar-refractivity contribution in [3.8, 4) is 0 Å². The zero-order valence-electron chi connectivity index (χ0n) is 7.94. The van der Waals surface area contributed by atoms with Crippen LogP contribution in [-0.4, -0.2) is 31.2 Å². The molecular formula is C9H6N4O2S. The van der Waals surface area contributed by atoms with Crippen molar-refractivity contribution in [2.45, 2.75) is 10.2 Å². The predicted octanol–water partition coefficient (Wildman–Crippen LogP) is 1.12. The molecule has 80 valence electrons. The third-order valence-corrected chi connectivity index (χ3v) is 2.54. The van der Waals surface area contributed by atoms with Crippen molar-refractivity contribution in [3.63, 3.8) is 0 Å². The van der Waals surface area contributed by atoms with Crippen molar-refractivity contribution in [3.05, 3.63) is 36.3 Å². The van der Waals surface area contributed by atoms with Gasteiger partial charge in [0.15, 0.2) is 5.16 Å². The highest BCUT2D eigenvalue weighted by Crippen LogP contribution is 2.24. The molecule has 16 heavy (non-hydrogen) atoms. The smallest absolute Gasteiger partial charge is 0.338 e. The average Bonchev–Trinajstić information content (AvgIpc) is 2.31. The Morgan fingerprint density at radius 1 is 1.25 bits per heavy atom. The summed E-state index contributed by atoms with van der Waals surface area (Å²) in [5.74, 6) is -1.05. The molecule has 0 radical (unpaired) electrons. The number of carboxylic acid groups (broad SMARTS) is 1. The Bertz CT molecular complexity index is 506. The van der Waals surface area contributed by atoms with Crippen LogP contribution < -0.4 is 0 Å². The highest BCUT2D eigenvalue weighted by Gasteiger charge is 2.13. The summed E-state index contributed by atoms with van der Waals surface area (Å²) in [6, 6.07) is 3.07. The standard InChI is InChI=1S/C9H6N4O2S/c14-8(15)6-2-5-12-13-7(6)16-9-10-3-1-4-11-9/h1-5H,(H,14,15). The van der Waals surface area contributed by atoms with Crippen LogP contribution in [-0.2, 0) is 0 Å². The molecule has 0 saturated carbocycles. The maximum absolute atomic E-state index is 10.9. The first-order valence-corrected chi connectivity index (χ1v) is 5.09. The Kier molecular flexibility index (Phi) is 3.06. The van der Waals surface area contributed by atoms with Crippen molar-refractivity contribution >= 4 is 17.7 Å². The molecule has 0 unspecified atom stereocenters. The van der Waals surface area contributed by atoms with E-state index in [1.807, 2.05) is 0 Å². The highest BCUT2D eigenvalue weighted by atomic mass is 32.2. The van der Waals surface area contributed by atoms with Gasteiger partial charge in [0.1, 0.15) is 5.03 Å². The molecule has 2 aromatic rings. The molecule has 6 nitrogen and oxygen atoms in total. The zero-order chi connectivity index (χ0) is 11.4. The molecule has 1 N–H and O–H groups in total. The SMILES string of the molecule is O=C(O)c1ccnnc1Sc1ncccn1. The summed E-state index contributed by atoms with van der Waals surface area (Å²) in [7, 11) is 0. The summed E-state index contributed by atoms with van der Waals surface area (Å²) in [5, 5.41) is 17.0. The van der Waals surface area contributed by atoms with Gasteiger partial charge in [0.2, 0.25) is 0 Å². The van der Waals surface area contributed by atoms with Crippen LogP contribution in [0.1, 0.15) is 10.4 Å². The highest BCUT2D eigenvalue weighted by molar-refractivity contribution is 7.99. The number of hydrogen-bond acceptors (Lipinski definition) is 6. The molecule has 2 heterocycles. The Hall–Kier alpha value is -2.02. The van der Waals surface area contributed by atoms with Crippen LogP contribution in [0, 0.1) is 0 Å². The Morgan fingerprint density at radius 2 is 2.00 bits per heavy atom. The number of nitrogens with zero attached hydrogens (tertiary/aromatic N) is 4. The largest absolute Gasteiger partial charge is 0.478 e. The van der Waals surface area contributed by atoms with Gasteiger partial charge < -0.3 is 5.11 Å². The van der Waals surface area contributed by atoms with E-state index in [0.29, 0.717) is 5.16 Å². The molecule has 0 aliphatic carbocycles. The number of carbonyl (C=O) groups is 1. The second-order valence-corrected chi connectivity index (χ2v) is 3.64. The molecule has 7 heteroatoms. The summed E-state index contributed by atoms with van der Waals surface area (Å²) in [6.45, 7) is 0. The molecule has 0 fully saturated rings. The summed E-state index contributed by atoms with van der Waals surface area (Å²) < 4.78 is 0. The van der Waals surface area contributed by atoms with E-state index in [2.05, 4.69) is 20.2 Å². The Morgan fingerprint density at radius 3 is 2.69 bits per heavy atom. The van der Waals surface area contributed by atoms with Gasteiger partial charge in [-0.25, -0.2) is 14.8 Å². The van der Waals surface area contributed by atoms with E-state index in [0.717, 1.165) is 11.8 Å². The molecule has 2 aromatic heterocycles.